The van der Waals surface area contributed by atoms with Gasteiger partial charge in [0.05, 0.1) is 0 Å². The summed E-state index contributed by atoms with van der Waals surface area (Å²) in [7, 11) is 0. The monoisotopic (exact) mass is 814 g/mol. The Labute approximate surface area is 358 Å². The fourth-order valence-corrected chi connectivity index (χ4v) is 8.03. The number of hydrogen-bond acceptors (Lipinski definition) is 7. The maximum atomic E-state index is 13.2. The van der Waals surface area contributed by atoms with Crippen LogP contribution in [0.3, 0.4) is 0 Å². The molecule has 5 aromatic carbocycles. The van der Waals surface area contributed by atoms with E-state index in [0.717, 1.165) is 29.9 Å². The molecule has 0 fully saturated rings. The minimum absolute atomic E-state index is 0.0409. The van der Waals surface area contributed by atoms with Crippen LogP contribution in [0.2, 0.25) is 0 Å². The Hall–Kier alpha value is -6.97. The first-order chi connectivity index (χ1) is 29.5. The lowest BCUT2D eigenvalue weighted by atomic mass is 9.69. The minimum Gasteiger partial charge on any atom is -0.489 e. The number of fused-ring (bicyclic) bond motifs is 2. The standard InChI is InChI=1S/C52H50N2O7/c1-52(2,3)61-48(55)29-28-47(50(53)56)54-34-40-33-42(24-27-46(40)51(54)57)59-31-13-5-4-12-30-58-41-21-18-38(19-22-41)49-44(37-16-10-7-11-17-37)25-20-39-32-43(23-26-45(39)49)60-35-36-14-8-6-9-15-36/h6-11,14-19,21-24,26-27,32-33,44,47,49H,20,25,28-31,34-35H2,1-3H3,(H2,53,56)/t44-,47+,49?/m1/s1. The Balaban J connectivity index is 0.915. The van der Waals surface area contributed by atoms with Crippen molar-refractivity contribution < 1.29 is 33.3 Å². The molecule has 9 heteroatoms. The number of aryl methyl sites for hydroxylation is 1. The largest absolute Gasteiger partial charge is 0.489 e. The first kappa shape index (κ1) is 42.2. The Morgan fingerprint density at radius 3 is 2.07 bits per heavy atom. The van der Waals surface area contributed by atoms with Crippen LogP contribution in [0.1, 0.15) is 95.6 Å². The lowest BCUT2D eigenvalue weighted by Gasteiger charge is -2.35. The van der Waals surface area contributed by atoms with Crippen molar-refractivity contribution in [3.63, 3.8) is 0 Å². The molecule has 9 nitrogen and oxygen atoms in total. The number of benzene rings is 5. The van der Waals surface area contributed by atoms with Crippen LogP contribution in [-0.4, -0.2) is 47.5 Å². The molecule has 0 spiro atoms. The molecule has 0 aromatic heterocycles. The fourth-order valence-electron chi connectivity index (χ4n) is 8.03. The van der Waals surface area contributed by atoms with E-state index in [1.54, 1.807) is 39.0 Å². The van der Waals surface area contributed by atoms with Crippen LogP contribution in [0.4, 0.5) is 0 Å². The van der Waals surface area contributed by atoms with Crippen LogP contribution in [0, 0.1) is 23.7 Å². The van der Waals surface area contributed by atoms with Crippen molar-refractivity contribution >= 4 is 17.8 Å². The van der Waals surface area contributed by atoms with Gasteiger partial charge in [-0.2, -0.15) is 0 Å². The molecular formula is C52H50N2O7. The van der Waals surface area contributed by atoms with E-state index in [9.17, 15) is 14.4 Å². The van der Waals surface area contributed by atoms with Crippen molar-refractivity contribution in [2.24, 2.45) is 5.73 Å². The number of hydrogen-bond donors (Lipinski definition) is 1. The van der Waals surface area contributed by atoms with E-state index in [1.807, 2.05) is 30.3 Å². The van der Waals surface area contributed by atoms with Crippen LogP contribution < -0.4 is 19.9 Å². The zero-order chi connectivity index (χ0) is 42.8. The van der Waals surface area contributed by atoms with E-state index in [1.165, 1.54) is 27.2 Å². The number of ether oxygens (including phenoxy) is 4. The van der Waals surface area contributed by atoms with Gasteiger partial charge in [0.25, 0.3) is 5.91 Å². The van der Waals surface area contributed by atoms with Crippen molar-refractivity contribution in [2.75, 3.05) is 13.2 Å². The van der Waals surface area contributed by atoms with Gasteiger partial charge in [-0.15, -0.1) is 0 Å². The molecule has 310 valence electrons. The Morgan fingerprint density at radius 1 is 0.754 bits per heavy atom. The summed E-state index contributed by atoms with van der Waals surface area (Å²) in [6.45, 7) is 6.27. The van der Waals surface area contributed by atoms with Crippen LogP contribution >= 0.6 is 0 Å². The summed E-state index contributed by atoms with van der Waals surface area (Å²) in [5, 5.41) is 0. The van der Waals surface area contributed by atoms with Crippen molar-refractivity contribution in [3.8, 4) is 40.9 Å². The fraction of sp³-hybridized carbons (Fsp3) is 0.288. The quantitative estimate of drug-likeness (QED) is 0.0883. The van der Waals surface area contributed by atoms with Crippen molar-refractivity contribution in [1.29, 1.82) is 0 Å². The van der Waals surface area contributed by atoms with Crippen LogP contribution in [0.5, 0.6) is 17.2 Å². The van der Waals surface area contributed by atoms with Gasteiger partial charge in [0.2, 0.25) is 5.91 Å². The molecule has 1 aliphatic carbocycles. The number of primary amides is 1. The van der Waals surface area contributed by atoms with Crippen molar-refractivity contribution in [1.82, 2.24) is 4.90 Å². The third-order valence-electron chi connectivity index (χ3n) is 10.8. The summed E-state index contributed by atoms with van der Waals surface area (Å²) >= 11 is 0. The molecule has 0 bridgehead atoms. The average molecular weight is 815 g/mol. The number of carbonyl (C=O) groups is 3. The molecule has 1 heterocycles. The molecule has 0 saturated carbocycles. The predicted molar refractivity (Wildman–Crippen MR) is 234 cm³/mol. The predicted octanol–water partition coefficient (Wildman–Crippen LogP) is 8.52. The minimum atomic E-state index is -0.946. The lowest BCUT2D eigenvalue weighted by Crippen LogP contribution is -2.45. The third kappa shape index (κ3) is 11.0. The van der Waals surface area contributed by atoms with Gasteiger partial charge in [-0.3, -0.25) is 14.4 Å². The van der Waals surface area contributed by atoms with Gasteiger partial charge in [0.15, 0.2) is 0 Å². The molecular weight excluding hydrogens is 765 g/mol. The molecule has 61 heavy (non-hydrogen) atoms. The Bertz CT molecular complexity index is 2470. The maximum Gasteiger partial charge on any atom is 0.306 e. The van der Waals surface area contributed by atoms with Crippen LogP contribution in [0.25, 0.3) is 0 Å². The number of amides is 2. The molecule has 3 atom stereocenters. The summed E-state index contributed by atoms with van der Waals surface area (Å²) < 4.78 is 23.3. The highest BCUT2D eigenvalue weighted by atomic mass is 16.6. The first-order valence-corrected chi connectivity index (χ1v) is 20.6. The summed E-state index contributed by atoms with van der Waals surface area (Å²) in [6.07, 6.45) is 2.05. The number of nitrogens with zero attached hydrogens (tertiary/aromatic N) is 1. The highest BCUT2D eigenvalue weighted by Crippen LogP contribution is 2.47. The summed E-state index contributed by atoms with van der Waals surface area (Å²) in [4.78, 5) is 39.1. The maximum absolute atomic E-state index is 13.2. The van der Waals surface area contributed by atoms with E-state index in [0.29, 0.717) is 29.4 Å². The zero-order valence-corrected chi connectivity index (χ0v) is 34.8. The SMILES string of the molecule is CC(C)(C)OC(=O)CC[C@@H](C(N)=O)N1Cc2cc(OCC#CC#CCOc3ccc(C4c5ccc(OCc6ccccc6)cc5CC[C@@H]4c4ccccc4)cc3)ccc2C1=O. The molecule has 0 saturated heterocycles. The lowest BCUT2D eigenvalue weighted by molar-refractivity contribution is -0.155. The summed E-state index contributed by atoms with van der Waals surface area (Å²) in [5.74, 6) is 12.7. The van der Waals surface area contributed by atoms with Gasteiger partial charge >= 0.3 is 5.97 Å². The zero-order valence-electron chi connectivity index (χ0n) is 34.8. The van der Waals surface area contributed by atoms with E-state index < -0.39 is 23.5 Å². The van der Waals surface area contributed by atoms with Crippen molar-refractivity contribution in [3.05, 3.63) is 160 Å². The second-order valence-electron chi connectivity index (χ2n) is 16.2. The normalized spacial score (nSPS) is 15.8. The van der Waals surface area contributed by atoms with E-state index in [-0.39, 0.29) is 44.4 Å². The molecule has 0 radical (unpaired) electrons. The number of rotatable bonds is 14. The molecule has 7 rings (SSSR count). The Kier molecular flexibility index (Phi) is 13.4. The number of nitrogens with two attached hydrogens (primary N) is 1. The molecule has 2 N–H and O–H groups in total. The molecule has 2 amide bonds. The van der Waals surface area contributed by atoms with Gasteiger partial charge in [0.1, 0.15) is 48.7 Å². The highest BCUT2D eigenvalue weighted by Gasteiger charge is 2.36. The van der Waals surface area contributed by atoms with Crippen LogP contribution in [0.15, 0.2) is 121 Å². The second-order valence-corrected chi connectivity index (χ2v) is 16.2. The number of carbonyl (C=O) groups excluding carboxylic acids is 3. The molecule has 1 aliphatic heterocycles. The molecule has 2 aliphatic rings. The van der Waals surface area contributed by atoms with Gasteiger partial charge in [-0.1, -0.05) is 78.9 Å². The third-order valence-corrected chi connectivity index (χ3v) is 10.8. The average Bonchev–Trinajstić information content (AvgIpc) is 3.58. The van der Waals surface area contributed by atoms with Gasteiger partial charge in [-0.25, -0.2) is 0 Å². The summed E-state index contributed by atoms with van der Waals surface area (Å²) in [6, 6.07) is 40.0. The molecule has 5 aromatic rings. The van der Waals surface area contributed by atoms with Crippen molar-refractivity contribution in [2.45, 2.75) is 83.1 Å². The van der Waals surface area contributed by atoms with Gasteiger partial charge in [-0.05, 0) is 145 Å². The first-order valence-electron chi connectivity index (χ1n) is 20.6. The number of esters is 1. The van der Waals surface area contributed by atoms with E-state index in [2.05, 4.69) is 96.5 Å². The summed E-state index contributed by atoms with van der Waals surface area (Å²) in [5.41, 5.74) is 12.5. The second kappa shape index (κ2) is 19.4. The van der Waals surface area contributed by atoms with E-state index >= 15 is 0 Å². The Morgan fingerprint density at radius 2 is 1.38 bits per heavy atom. The smallest absolute Gasteiger partial charge is 0.306 e. The van der Waals surface area contributed by atoms with Crippen LogP contribution in [-0.2, 0) is 33.9 Å². The highest BCUT2D eigenvalue weighted by molar-refractivity contribution is 6.01. The van der Waals surface area contributed by atoms with Gasteiger partial charge in [0, 0.05) is 24.4 Å². The van der Waals surface area contributed by atoms with Gasteiger partial charge < -0.3 is 29.6 Å². The molecule has 1 unspecified atom stereocenters. The topological polar surface area (TPSA) is 117 Å². The van der Waals surface area contributed by atoms with E-state index in [4.69, 9.17) is 24.7 Å².